The predicted molar refractivity (Wildman–Crippen MR) is 124 cm³/mol. The Morgan fingerprint density at radius 2 is 2.00 bits per heavy atom. The minimum atomic E-state index is -0.157. The summed E-state index contributed by atoms with van der Waals surface area (Å²) in [6.07, 6.45) is 1.82. The number of ether oxygens (including phenoxy) is 2. The lowest BCUT2D eigenvalue weighted by Crippen LogP contribution is -2.27. The second kappa shape index (κ2) is 8.81. The molecule has 0 saturated carbocycles. The van der Waals surface area contributed by atoms with Gasteiger partial charge in [0.15, 0.2) is 15.8 Å². The molecule has 1 aliphatic heterocycles. The summed E-state index contributed by atoms with van der Waals surface area (Å²) < 4.78 is 12.5. The summed E-state index contributed by atoms with van der Waals surface area (Å²) in [4.78, 5) is 14.9. The van der Waals surface area contributed by atoms with Crippen LogP contribution in [-0.4, -0.2) is 23.9 Å². The molecular weight excluding hydrogens is 517 g/mol. The molecule has 140 valence electrons. The number of hydrogen-bond donors (Lipinski definition) is 0. The number of carbonyl (C=O) groups is 1. The highest BCUT2D eigenvalue weighted by Crippen LogP contribution is 2.39. The van der Waals surface area contributed by atoms with Gasteiger partial charge >= 0.3 is 0 Å². The van der Waals surface area contributed by atoms with Crippen molar-refractivity contribution >= 4 is 80.2 Å². The Morgan fingerprint density at radius 1 is 1.30 bits per heavy atom. The van der Waals surface area contributed by atoms with E-state index in [9.17, 15) is 4.79 Å². The average Bonchev–Trinajstić information content (AvgIpc) is 2.91. The standard InChI is InChI=1S/C19H15ClINO3S2/c1-3-25-17-14(21)8-11(9-15(17)24-2)10-16-18(23)22(19(26)27-16)13-6-4-12(20)5-7-13/h4-10H,3H2,1-2H3/b16-10-. The quantitative estimate of drug-likeness (QED) is 0.279. The van der Waals surface area contributed by atoms with E-state index in [1.807, 2.05) is 25.1 Å². The molecule has 0 radical (unpaired) electrons. The number of thioether (sulfide) groups is 1. The topological polar surface area (TPSA) is 38.8 Å². The first kappa shape index (κ1) is 20.4. The summed E-state index contributed by atoms with van der Waals surface area (Å²) >= 11 is 14.8. The van der Waals surface area contributed by atoms with Gasteiger partial charge in [-0.1, -0.05) is 35.6 Å². The van der Waals surface area contributed by atoms with Crippen molar-refractivity contribution in [1.82, 2.24) is 0 Å². The molecule has 0 bridgehead atoms. The highest BCUT2D eigenvalue weighted by atomic mass is 127. The summed E-state index contributed by atoms with van der Waals surface area (Å²) in [5.74, 6) is 1.17. The van der Waals surface area contributed by atoms with Crippen molar-refractivity contribution in [3.05, 3.63) is 55.5 Å². The molecule has 1 saturated heterocycles. The minimum absolute atomic E-state index is 0.157. The number of rotatable bonds is 5. The number of nitrogens with zero attached hydrogens (tertiary/aromatic N) is 1. The molecule has 2 aromatic carbocycles. The van der Waals surface area contributed by atoms with Crippen LogP contribution < -0.4 is 14.4 Å². The lowest BCUT2D eigenvalue weighted by atomic mass is 10.2. The predicted octanol–water partition coefficient (Wildman–Crippen LogP) is 5.76. The van der Waals surface area contributed by atoms with E-state index in [-0.39, 0.29) is 5.91 Å². The maximum Gasteiger partial charge on any atom is 0.270 e. The number of benzene rings is 2. The van der Waals surface area contributed by atoms with E-state index in [4.69, 9.17) is 33.3 Å². The van der Waals surface area contributed by atoms with Crippen LogP contribution in [0.25, 0.3) is 6.08 Å². The zero-order chi connectivity index (χ0) is 19.6. The zero-order valence-corrected chi connectivity index (χ0v) is 19.0. The van der Waals surface area contributed by atoms with Gasteiger partial charge in [-0.05, 0) is 77.6 Å². The van der Waals surface area contributed by atoms with Crippen molar-refractivity contribution in [1.29, 1.82) is 0 Å². The van der Waals surface area contributed by atoms with Gasteiger partial charge in [0.05, 0.1) is 27.9 Å². The molecule has 0 aromatic heterocycles. The fourth-order valence-electron chi connectivity index (χ4n) is 2.54. The Bertz CT molecular complexity index is 931. The number of halogens is 2. The van der Waals surface area contributed by atoms with E-state index >= 15 is 0 Å². The van der Waals surface area contributed by atoms with Crippen LogP contribution in [0.15, 0.2) is 41.3 Å². The highest BCUT2D eigenvalue weighted by Gasteiger charge is 2.33. The van der Waals surface area contributed by atoms with Crippen molar-refractivity contribution < 1.29 is 14.3 Å². The van der Waals surface area contributed by atoms with E-state index in [1.165, 1.54) is 16.7 Å². The summed E-state index contributed by atoms with van der Waals surface area (Å²) in [5.41, 5.74) is 1.54. The smallest absolute Gasteiger partial charge is 0.270 e. The highest BCUT2D eigenvalue weighted by molar-refractivity contribution is 14.1. The molecule has 0 atom stereocenters. The molecule has 1 amide bonds. The molecule has 1 fully saturated rings. The van der Waals surface area contributed by atoms with Gasteiger partial charge in [-0.15, -0.1) is 0 Å². The molecule has 8 heteroatoms. The minimum Gasteiger partial charge on any atom is -0.493 e. The van der Waals surface area contributed by atoms with Crippen LogP contribution in [0.3, 0.4) is 0 Å². The zero-order valence-electron chi connectivity index (χ0n) is 14.5. The van der Waals surface area contributed by atoms with Crippen molar-refractivity contribution in [2.75, 3.05) is 18.6 Å². The molecule has 4 nitrogen and oxygen atoms in total. The lowest BCUT2D eigenvalue weighted by Gasteiger charge is -2.14. The number of anilines is 1. The number of hydrogen-bond acceptors (Lipinski definition) is 5. The van der Waals surface area contributed by atoms with Gasteiger partial charge in [-0.25, -0.2) is 0 Å². The molecule has 0 spiro atoms. The number of thiocarbonyl (C=S) groups is 1. The van der Waals surface area contributed by atoms with Crippen LogP contribution in [-0.2, 0) is 4.79 Å². The van der Waals surface area contributed by atoms with Crippen LogP contribution in [0.5, 0.6) is 11.5 Å². The van der Waals surface area contributed by atoms with E-state index in [1.54, 1.807) is 31.4 Å². The Balaban J connectivity index is 1.94. The molecule has 1 heterocycles. The first-order chi connectivity index (χ1) is 12.9. The Hall–Kier alpha value is -1.29. The SMILES string of the molecule is CCOc1c(I)cc(/C=C2\SC(=S)N(c3ccc(Cl)cc3)C2=O)cc1OC. The summed E-state index contributed by atoms with van der Waals surface area (Å²) in [5, 5.41) is 0.607. The molecule has 0 N–H and O–H groups in total. The maximum absolute atomic E-state index is 12.9. The molecule has 27 heavy (non-hydrogen) atoms. The van der Waals surface area contributed by atoms with Gasteiger partial charge in [-0.2, -0.15) is 0 Å². The van der Waals surface area contributed by atoms with Crippen LogP contribution in [0.4, 0.5) is 5.69 Å². The number of methoxy groups -OCH3 is 1. The molecule has 0 aliphatic carbocycles. The first-order valence-electron chi connectivity index (χ1n) is 7.98. The van der Waals surface area contributed by atoms with Gasteiger partial charge in [0.1, 0.15) is 0 Å². The van der Waals surface area contributed by atoms with E-state index in [0.717, 1.165) is 9.13 Å². The van der Waals surface area contributed by atoms with Crippen molar-refractivity contribution in [3.8, 4) is 11.5 Å². The Labute approximate surface area is 186 Å². The largest absolute Gasteiger partial charge is 0.493 e. The van der Waals surface area contributed by atoms with Crippen LogP contribution in [0.2, 0.25) is 5.02 Å². The normalized spacial score (nSPS) is 15.6. The Kier molecular flexibility index (Phi) is 6.67. The maximum atomic E-state index is 12.9. The molecule has 3 rings (SSSR count). The van der Waals surface area contributed by atoms with E-state index in [2.05, 4.69) is 22.6 Å². The molecule has 0 unspecified atom stereocenters. The average molecular weight is 532 g/mol. The summed E-state index contributed by atoms with van der Waals surface area (Å²) in [7, 11) is 1.59. The van der Waals surface area contributed by atoms with E-state index in [0.29, 0.717) is 38.0 Å². The molecule has 1 aliphatic rings. The molecular formula is C19H15ClINO3S2. The van der Waals surface area contributed by atoms with Gasteiger partial charge in [0, 0.05) is 5.02 Å². The third kappa shape index (κ3) is 4.42. The fourth-order valence-corrected chi connectivity index (χ4v) is 4.75. The third-order valence-electron chi connectivity index (χ3n) is 3.72. The second-order valence-corrected chi connectivity index (χ2v) is 8.74. The lowest BCUT2D eigenvalue weighted by molar-refractivity contribution is -0.113. The number of amides is 1. The van der Waals surface area contributed by atoms with Crippen LogP contribution in [0.1, 0.15) is 12.5 Å². The van der Waals surface area contributed by atoms with Gasteiger partial charge < -0.3 is 9.47 Å². The summed E-state index contributed by atoms with van der Waals surface area (Å²) in [6.45, 7) is 2.47. The van der Waals surface area contributed by atoms with Gasteiger partial charge in [0.2, 0.25) is 0 Å². The van der Waals surface area contributed by atoms with Crippen LogP contribution in [0, 0.1) is 3.57 Å². The number of carbonyl (C=O) groups excluding carboxylic acids is 1. The Morgan fingerprint density at radius 3 is 2.63 bits per heavy atom. The molecule has 2 aromatic rings. The first-order valence-corrected chi connectivity index (χ1v) is 10.7. The van der Waals surface area contributed by atoms with E-state index < -0.39 is 0 Å². The van der Waals surface area contributed by atoms with Crippen LogP contribution >= 0.6 is 58.2 Å². The summed E-state index contributed by atoms with van der Waals surface area (Å²) in [6, 6.07) is 10.8. The third-order valence-corrected chi connectivity index (χ3v) is 6.07. The van der Waals surface area contributed by atoms with Crippen molar-refractivity contribution in [3.63, 3.8) is 0 Å². The van der Waals surface area contributed by atoms with Gasteiger partial charge in [-0.3, -0.25) is 9.69 Å². The van der Waals surface area contributed by atoms with Crippen molar-refractivity contribution in [2.24, 2.45) is 0 Å². The fraction of sp³-hybridized carbons (Fsp3) is 0.158. The van der Waals surface area contributed by atoms with Crippen molar-refractivity contribution in [2.45, 2.75) is 6.92 Å². The van der Waals surface area contributed by atoms with Gasteiger partial charge in [0.25, 0.3) is 5.91 Å². The second-order valence-electron chi connectivity index (χ2n) is 5.46. The monoisotopic (exact) mass is 531 g/mol.